The molecule has 4 atom stereocenters. The molecule has 0 spiro atoms. The number of fused-ring (bicyclic) bond motifs is 1. The Morgan fingerprint density at radius 2 is 1.54 bits per heavy atom. The minimum atomic E-state index is -3.72. The fourth-order valence-corrected chi connectivity index (χ4v) is 6.71. The lowest BCUT2D eigenvalue weighted by molar-refractivity contribution is -0.0489. The van der Waals surface area contributed by atoms with Crippen LogP contribution in [0.25, 0.3) is 11.2 Å². The summed E-state index contributed by atoms with van der Waals surface area (Å²) in [6, 6.07) is 17.2. The quantitative estimate of drug-likeness (QED) is 0.147. The molecule has 4 aromatic rings. The molecule has 1 aliphatic rings. The molecule has 1 amide bonds. The van der Waals surface area contributed by atoms with E-state index in [0.717, 1.165) is 0 Å². The monoisotopic (exact) mass is 649 g/mol. The van der Waals surface area contributed by atoms with Crippen molar-refractivity contribution in [2.75, 3.05) is 12.4 Å². The Hall–Kier alpha value is -4.26. The van der Waals surface area contributed by atoms with E-state index in [1.54, 1.807) is 86.9 Å². The number of nitrogens with zero attached hydrogens (tertiary/aromatic N) is 4. The van der Waals surface area contributed by atoms with Gasteiger partial charge in [-0.2, -0.15) is 0 Å². The molecular weight excluding hydrogens is 613 g/mol. The first-order valence-corrected chi connectivity index (χ1v) is 16.3. The highest BCUT2D eigenvalue weighted by Gasteiger charge is 2.48. The molecular formula is C32H36N5O8P. The van der Waals surface area contributed by atoms with E-state index >= 15 is 0 Å². The van der Waals surface area contributed by atoms with Crippen LogP contribution in [0.5, 0.6) is 0 Å². The van der Waals surface area contributed by atoms with Gasteiger partial charge in [-0.25, -0.2) is 19.7 Å². The van der Waals surface area contributed by atoms with Gasteiger partial charge in [0.05, 0.1) is 24.1 Å². The first-order valence-electron chi connectivity index (χ1n) is 14.7. The van der Waals surface area contributed by atoms with Crippen molar-refractivity contribution in [2.24, 2.45) is 0 Å². The van der Waals surface area contributed by atoms with E-state index in [1.807, 2.05) is 6.07 Å². The molecule has 3 heterocycles. The van der Waals surface area contributed by atoms with E-state index in [4.69, 9.17) is 23.3 Å². The molecule has 13 nitrogen and oxygen atoms in total. The Balaban J connectivity index is 1.49. The maximum Gasteiger partial charge on any atom is 0.354 e. The van der Waals surface area contributed by atoms with Crippen LogP contribution < -0.4 is 5.32 Å². The van der Waals surface area contributed by atoms with Crippen molar-refractivity contribution in [1.82, 2.24) is 19.5 Å². The molecule has 1 aliphatic heterocycles. The lowest BCUT2D eigenvalue weighted by atomic mass is 10.1. The average Bonchev–Trinajstić information content (AvgIpc) is 3.61. The Labute approximate surface area is 266 Å². The number of hydrogen-bond donors (Lipinski definition) is 1. The number of benzene rings is 2. The van der Waals surface area contributed by atoms with Crippen LogP contribution >= 0.6 is 7.60 Å². The zero-order valence-corrected chi connectivity index (χ0v) is 26.9. The first kappa shape index (κ1) is 33.1. The molecule has 46 heavy (non-hydrogen) atoms. The van der Waals surface area contributed by atoms with E-state index in [1.165, 1.54) is 31.7 Å². The van der Waals surface area contributed by atoms with E-state index in [2.05, 4.69) is 20.3 Å². The van der Waals surface area contributed by atoms with Crippen LogP contribution in [0.3, 0.4) is 0 Å². The largest absolute Gasteiger partial charge is 0.453 e. The highest BCUT2D eigenvalue weighted by molar-refractivity contribution is 7.57. The van der Waals surface area contributed by atoms with Crippen molar-refractivity contribution >= 4 is 36.5 Å². The van der Waals surface area contributed by atoms with Gasteiger partial charge in [-0.15, -0.1) is 0 Å². The summed E-state index contributed by atoms with van der Waals surface area (Å²) in [4.78, 5) is 39.2. The summed E-state index contributed by atoms with van der Waals surface area (Å²) in [5.74, 6) is 0.558. The fourth-order valence-electron chi connectivity index (χ4n) is 4.97. The van der Waals surface area contributed by atoms with Crippen LogP contribution in [-0.2, 0) is 27.8 Å². The van der Waals surface area contributed by atoms with E-state index < -0.39 is 50.3 Å². The molecule has 242 valence electrons. The highest BCUT2D eigenvalue weighted by atomic mass is 31.2. The van der Waals surface area contributed by atoms with Crippen LogP contribution in [0.1, 0.15) is 54.6 Å². The predicted molar refractivity (Wildman–Crippen MR) is 169 cm³/mol. The summed E-state index contributed by atoms with van der Waals surface area (Å²) in [6.45, 7) is 7.00. The second-order valence-electron chi connectivity index (χ2n) is 11.0. The predicted octanol–water partition coefficient (Wildman–Crippen LogP) is 5.77. The summed E-state index contributed by atoms with van der Waals surface area (Å²) in [5, 5.41) is 2.78. The molecule has 0 bridgehead atoms. The summed E-state index contributed by atoms with van der Waals surface area (Å²) in [6.07, 6.45) is -0.232. The van der Waals surface area contributed by atoms with Crippen LogP contribution in [0.4, 0.5) is 5.82 Å². The summed E-state index contributed by atoms with van der Waals surface area (Å²) in [5.41, 5.74) is 1.42. The third-order valence-electron chi connectivity index (χ3n) is 6.82. The number of anilines is 1. The first-order chi connectivity index (χ1) is 22.1. The lowest BCUT2D eigenvalue weighted by Crippen LogP contribution is -2.37. The number of nitrogens with one attached hydrogen (secondary N) is 1. The Kier molecular flexibility index (Phi) is 10.4. The topological polar surface area (TPSA) is 153 Å². The van der Waals surface area contributed by atoms with Crippen molar-refractivity contribution in [3.05, 3.63) is 96.3 Å². The van der Waals surface area contributed by atoms with Gasteiger partial charge in [0.1, 0.15) is 18.5 Å². The molecule has 0 aliphatic carbocycles. The third-order valence-corrected chi connectivity index (χ3v) is 8.79. The average molecular weight is 650 g/mol. The van der Waals surface area contributed by atoms with Crippen molar-refractivity contribution in [1.29, 1.82) is 0 Å². The molecule has 1 N–H and O–H groups in total. The maximum absolute atomic E-state index is 13.6. The van der Waals surface area contributed by atoms with Crippen molar-refractivity contribution in [3.63, 3.8) is 0 Å². The molecule has 14 heteroatoms. The number of imidazole rings is 1. The Bertz CT molecular complexity index is 1720. The summed E-state index contributed by atoms with van der Waals surface area (Å²) >= 11 is 0. The minimum absolute atomic E-state index is 0.200. The number of rotatable bonds is 12. The second kappa shape index (κ2) is 14.4. The molecule has 0 saturated carbocycles. The molecule has 1 saturated heterocycles. The van der Waals surface area contributed by atoms with Crippen LogP contribution in [0.15, 0.2) is 85.2 Å². The maximum atomic E-state index is 13.6. The van der Waals surface area contributed by atoms with Crippen LogP contribution in [-0.4, -0.2) is 69.0 Å². The number of methoxy groups -OCH3 is 1. The van der Waals surface area contributed by atoms with Gasteiger partial charge in [-0.05, 0) is 58.0 Å². The third kappa shape index (κ3) is 7.57. The van der Waals surface area contributed by atoms with Crippen LogP contribution in [0, 0.1) is 0 Å². The molecule has 0 unspecified atom stereocenters. The van der Waals surface area contributed by atoms with E-state index in [0.29, 0.717) is 22.3 Å². The van der Waals surface area contributed by atoms with Crippen molar-refractivity contribution < 1.29 is 37.4 Å². The summed E-state index contributed by atoms with van der Waals surface area (Å²) in [7, 11) is -2.25. The van der Waals surface area contributed by atoms with Gasteiger partial charge >= 0.3 is 13.6 Å². The zero-order chi connectivity index (χ0) is 32.8. The lowest BCUT2D eigenvalue weighted by Gasteiger charge is -2.23. The van der Waals surface area contributed by atoms with Gasteiger partial charge < -0.3 is 28.6 Å². The number of amides is 1. The number of esters is 1. The van der Waals surface area contributed by atoms with Gasteiger partial charge in [-0.3, -0.25) is 13.9 Å². The highest BCUT2D eigenvalue weighted by Crippen LogP contribution is 2.52. The van der Waals surface area contributed by atoms with E-state index in [9.17, 15) is 14.2 Å². The van der Waals surface area contributed by atoms with Gasteiger partial charge in [-0.1, -0.05) is 36.4 Å². The number of hydrogen-bond acceptors (Lipinski definition) is 11. The normalized spacial score (nSPS) is 20.2. The van der Waals surface area contributed by atoms with Crippen molar-refractivity contribution in [2.45, 2.75) is 64.4 Å². The number of carbonyl (C=O) groups excluding carboxylic acids is 2. The van der Waals surface area contributed by atoms with E-state index in [-0.39, 0.29) is 11.7 Å². The molecule has 1 fully saturated rings. The van der Waals surface area contributed by atoms with Gasteiger partial charge in [0.15, 0.2) is 29.3 Å². The SMILES string of the molecule is CO[C@@H]1[C@H](OC(=O)c2ccccc2)[C@@H](/C=C/P(=O)(OC(C)C)OC(C)C)O[C@H]1n1cnc2c(NC(=O)c3ccccc3)ncnc21. The Morgan fingerprint density at radius 1 is 0.913 bits per heavy atom. The number of aromatic nitrogens is 4. The van der Waals surface area contributed by atoms with Crippen LogP contribution in [0.2, 0.25) is 0 Å². The zero-order valence-electron chi connectivity index (χ0n) is 26.0. The standard InChI is InChI=1S/C32H36N5O8P/c1-20(2)44-46(40,45-21(3)4)17-16-24-26(43-32(39)23-14-10-7-11-15-23)27(41-5)31(42-24)37-19-35-25-28(33-18-34-29(25)37)36-30(38)22-12-8-6-9-13-22/h6-21,24,26-27,31H,1-5H3,(H,33,34,36,38)/b17-16+/t24-,26-,27-,31-/m1/s1. The van der Waals surface area contributed by atoms with Gasteiger partial charge in [0, 0.05) is 18.5 Å². The minimum Gasteiger partial charge on any atom is -0.453 e. The van der Waals surface area contributed by atoms with Gasteiger partial charge in [0.25, 0.3) is 5.91 Å². The smallest absolute Gasteiger partial charge is 0.354 e. The fraction of sp³-hybridized carbons (Fsp3) is 0.344. The molecule has 0 radical (unpaired) electrons. The van der Waals surface area contributed by atoms with Crippen molar-refractivity contribution in [3.8, 4) is 0 Å². The summed E-state index contributed by atoms with van der Waals surface area (Å²) < 4.78 is 44.8. The number of ether oxygens (including phenoxy) is 3. The van der Waals surface area contributed by atoms with Gasteiger partial charge in [0.2, 0.25) is 0 Å². The second-order valence-corrected chi connectivity index (χ2v) is 12.8. The Morgan fingerprint density at radius 3 is 2.15 bits per heavy atom. The molecule has 2 aromatic heterocycles. The molecule has 5 rings (SSSR count). The molecule has 2 aromatic carbocycles. The number of carbonyl (C=O) groups is 2.